The predicted molar refractivity (Wildman–Crippen MR) is 133 cm³/mol. The average molecular weight is 479 g/mol. The third-order valence-electron chi connectivity index (χ3n) is 6.55. The first-order valence-corrected chi connectivity index (χ1v) is 12.8. The summed E-state index contributed by atoms with van der Waals surface area (Å²) in [6.07, 6.45) is 0.730. The third kappa shape index (κ3) is 4.72. The van der Waals surface area contributed by atoms with Crippen molar-refractivity contribution in [2.75, 3.05) is 17.5 Å². The summed E-state index contributed by atoms with van der Waals surface area (Å²) in [5.41, 5.74) is 2.35. The van der Waals surface area contributed by atoms with E-state index in [1.807, 2.05) is 62.4 Å². The van der Waals surface area contributed by atoms with Crippen LogP contribution in [0.3, 0.4) is 0 Å². The SMILES string of the molecule is Cc1ccc(S(=O)(=O)N2CCC(C)(C(=O)N[C@@H](CO)c3ccccc3)Cc3ccccc32)cc1. The van der Waals surface area contributed by atoms with E-state index in [0.29, 0.717) is 18.5 Å². The second kappa shape index (κ2) is 9.60. The Morgan fingerprint density at radius 3 is 2.35 bits per heavy atom. The van der Waals surface area contributed by atoms with Gasteiger partial charge in [-0.05, 0) is 49.1 Å². The van der Waals surface area contributed by atoms with Gasteiger partial charge in [0.1, 0.15) is 0 Å². The molecule has 0 aliphatic carbocycles. The number of aliphatic hydroxyl groups is 1. The monoisotopic (exact) mass is 478 g/mol. The normalized spacial score (nSPS) is 19.1. The molecule has 7 heteroatoms. The van der Waals surface area contributed by atoms with Gasteiger partial charge in [0, 0.05) is 6.54 Å². The Bertz CT molecular complexity index is 1260. The molecule has 178 valence electrons. The smallest absolute Gasteiger partial charge is 0.264 e. The summed E-state index contributed by atoms with van der Waals surface area (Å²) < 4.78 is 28.6. The first kappa shape index (κ1) is 24.0. The lowest BCUT2D eigenvalue weighted by molar-refractivity contribution is -0.131. The highest BCUT2D eigenvalue weighted by Gasteiger charge is 2.40. The quantitative estimate of drug-likeness (QED) is 0.561. The van der Waals surface area contributed by atoms with E-state index in [1.54, 1.807) is 30.3 Å². The highest BCUT2D eigenvalue weighted by atomic mass is 32.2. The molecule has 3 aromatic rings. The molecule has 1 aliphatic rings. The van der Waals surface area contributed by atoms with Gasteiger partial charge in [0.15, 0.2) is 0 Å². The van der Waals surface area contributed by atoms with Crippen LogP contribution in [-0.4, -0.2) is 32.6 Å². The number of carbonyl (C=O) groups is 1. The van der Waals surface area contributed by atoms with E-state index in [-0.39, 0.29) is 24.0 Å². The molecule has 34 heavy (non-hydrogen) atoms. The summed E-state index contributed by atoms with van der Waals surface area (Å²) in [5, 5.41) is 12.9. The molecule has 1 unspecified atom stereocenters. The zero-order chi connectivity index (χ0) is 24.3. The standard InChI is InChI=1S/C27H30N2O4S/c1-20-12-14-23(15-13-20)34(32,33)29-17-16-27(2,18-22-10-6-7-11-25(22)29)26(31)28-24(19-30)21-8-4-3-5-9-21/h3-15,24,30H,16-19H2,1-2H3,(H,28,31)/t24-,27?/m0/s1. The highest BCUT2D eigenvalue weighted by molar-refractivity contribution is 7.92. The van der Waals surface area contributed by atoms with Crippen LogP contribution in [0.5, 0.6) is 0 Å². The zero-order valence-corrected chi connectivity index (χ0v) is 20.3. The summed E-state index contributed by atoms with van der Waals surface area (Å²) in [7, 11) is -3.80. The Hall–Kier alpha value is -3.16. The van der Waals surface area contributed by atoms with Crippen molar-refractivity contribution in [3.8, 4) is 0 Å². The van der Waals surface area contributed by atoms with Crippen LogP contribution in [0, 0.1) is 12.3 Å². The van der Waals surface area contributed by atoms with Crippen LogP contribution >= 0.6 is 0 Å². The molecule has 3 aromatic carbocycles. The van der Waals surface area contributed by atoms with Gasteiger partial charge in [-0.25, -0.2) is 8.42 Å². The van der Waals surface area contributed by atoms with E-state index >= 15 is 0 Å². The second-order valence-corrected chi connectivity index (χ2v) is 11.0. The molecular formula is C27H30N2O4S. The summed E-state index contributed by atoms with van der Waals surface area (Å²) in [6.45, 7) is 3.72. The average Bonchev–Trinajstić information content (AvgIpc) is 3.00. The zero-order valence-electron chi connectivity index (χ0n) is 19.4. The van der Waals surface area contributed by atoms with Crippen molar-refractivity contribution in [1.82, 2.24) is 5.32 Å². The number of para-hydroxylation sites is 1. The topological polar surface area (TPSA) is 86.7 Å². The van der Waals surface area contributed by atoms with E-state index < -0.39 is 21.5 Å². The molecule has 4 rings (SSSR count). The first-order valence-electron chi connectivity index (χ1n) is 11.4. The Morgan fingerprint density at radius 1 is 1.03 bits per heavy atom. The molecule has 0 aromatic heterocycles. The molecule has 2 N–H and O–H groups in total. The maximum atomic E-state index is 13.6. The number of aliphatic hydroxyl groups excluding tert-OH is 1. The number of amides is 1. The van der Waals surface area contributed by atoms with Crippen molar-refractivity contribution in [2.45, 2.75) is 37.6 Å². The number of sulfonamides is 1. The number of anilines is 1. The lowest BCUT2D eigenvalue weighted by Gasteiger charge is -2.30. The van der Waals surface area contributed by atoms with Crippen molar-refractivity contribution in [1.29, 1.82) is 0 Å². The number of rotatable bonds is 6. The number of benzene rings is 3. The largest absolute Gasteiger partial charge is 0.394 e. The van der Waals surface area contributed by atoms with Gasteiger partial charge in [-0.15, -0.1) is 0 Å². The predicted octanol–water partition coefficient (Wildman–Crippen LogP) is 3.99. The molecule has 2 atom stereocenters. The van der Waals surface area contributed by atoms with Gasteiger partial charge in [-0.2, -0.15) is 0 Å². The lowest BCUT2D eigenvalue weighted by atomic mass is 9.80. The molecule has 0 radical (unpaired) electrons. The fourth-order valence-electron chi connectivity index (χ4n) is 4.41. The van der Waals surface area contributed by atoms with E-state index in [2.05, 4.69) is 5.32 Å². The van der Waals surface area contributed by atoms with Crippen LogP contribution in [0.2, 0.25) is 0 Å². The highest BCUT2D eigenvalue weighted by Crippen LogP contribution is 2.39. The summed E-state index contributed by atoms with van der Waals surface area (Å²) in [6, 6.07) is 23.0. The van der Waals surface area contributed by atoms with Gasteiger partial charge in [0.25, 0.3) is 10.0 Å². The van der Waals surface area contributed by atoms with Gasteiger partial charge in [-0.1, -0.05) is 73.2 Å². The molecule has 0 saturated heterocycles. The fraction of sp³-hybridized carbons (Fsp3) is 0.296. The molecule has 1 amide bonds. The lowest BCUT2D eigenvalue weighted by Crippen LogP contribution is -2.44. The van der Waals surface area contributed by atoms with Gasteiger partial charge in [-0.3, -0.25) is 9.10 Å². The molecule has 0 fully saturated rings. The van der Waals surface area contributed by atoms with Gasteiger partial charge >= 0.3 is 0 Å². The minimum atomic E-state index is -3.80. The maximum absolute atomic E-state index is 13.6. The van der Waals surface area contributed by atoms with Crippen molar-refractivity contribution in [3.63, 3.8) is 0 Å². The van der Waals surface area contributed by atoms with Crippen LogP contribution in [-0.2, 0) is 21.2 Å². The van der Waals surface area contributed by atoms with Gasteiger partial charge < -0.3 is 10.4 Å². The Labute approximate surface area is 201 Å². The third-order valence-corrected chi connectivity index (χ3v) is 8.38. The number of nitrogens with zero attached hydrogens (tertiary/aromatic N) is 1. The van der Waals surface area contributed by atoms with Crippen LogP contribution in [0.15, 0.2) is 83.8 Å². The van der Waals surface area contributed by atoms with Crippen molar-refractivity contribution >= 4 is 21.6 Å². The van der Waals surface area contributed by atoms with Crippen LogP contribution < -0.4 is 9.62 Å². The van der Waals surface area contributed by atoms with Gasteiger partial charge in [0.2, 0.25) is 5.91 Å². The summed E-state index contributed by atoms with van der Waals surface area (Å²) in [4.78, 5) is 13.7. The van der Waals surface area contributed by atoms with Crippen LogP contribution in [0.4, 0.5) is 5.69 Å². The summed E-state index contributed by atoms with van der Waals surface area (Å²) in [5.74, 6) is -0.209. The van der Waals surface area contributed by atoms with E-state index in [9.17, 15) is 18.3 Å². The molecule has 6 nitrogen and oxygen atoms in total. The second-order valence-electron chi connectivity index (χ2n) is 9.13. The van der Waals surface area contributed by atoms with E-state index in [4.69, 9.17) is 0 Å². The number of nitrogens with one attached hydrogen (secondary N) is 1. The number of hydrogen-bond donors (Lipinski definition) is 2. The van der Waals surface area contributed by atoms with Crippen molar-refractivity contribution < 1.29 is 18.3 Å². The van der Waals surface area contributed by atoms with Gasteiger partial charge in [0.05, 0.1) is 28.6 Å². The Balaban J connectivity index is 1.65. The van der Waals surface area contributed by atoms with E-state index in [1.165, 1.54) is 4.31 Å². The number of carbonyl (C=O) groups excluding carboxylic acids is 1. The van der Waals surface area contributed by atoms with E-state index in [0.717, 1.165) is 16.7 Å². The molecule has 1 aliphatic heterocycles. The molecular weight excluding hydrogens is 448 g/mol. The van der Waals surface area contributed by atoms with Crippen LogP contribution in [0.25, 0.3) is 0 Å². The Morgan fingerprint density at radius 2 is 1.68 bits per heavy atom. The van der Waals surface area contributed by atoms with Crippen molar-refractivity contribution in [2.24, 2.45) is 5.41 Å². The molecule has 1 heterocycles. The number of aryl methyl sites for hydroxylation is 1. The molecule has 0 spiro atoms. The maximum Gasteiger partial charge on any atom is 0.264 e. The minimum Gasteiger partial charge on any atom is -0.394 e. The Kier molecular flexibility index (Phi) is 6.77. The number of hydrogen-bond acceptors (Lipinski definition) is 4. The fourth-order valence-corrected chi connectivity index (χ4v) is 5.92. The van der Waals surface area contributed by atoms with Crippen LogP contribution in [0.1, 0.15) is 36.1 Å². The van der Waals surface area contributed by atoms with Crippen molar-refractivity contribution in [3.05, 3.63) is 95.6 Å². The summed E-state index contributed by atoms with van der Waals surface area (Å²) >= 11 is 0. The molecule has 0 bridgehead atoms. The number of fused-ring (bicyclic) bond motifs is 1. The minimum absolute atomic E-state index is 0.173. The first-order chi connectivity index (χ1) is 16.2. The molecule has 0 saturated carbocycles.